The van der Waals surface area contributed by atoms with Gasteiger partial charge < -0.3 is 15.2 Å². The monoisotopic (exact) mass is 306 g/mol. The molecule has 21 heavy (non-hydrogen) atoms. The molecule has 0 radical (unpaired) electrons. The quantitative estimate of drug-likeness (QED) is 0.876. The Bertz CT molecular complexity index is 674. The molecule has 0 atom stereocenters. The minimum atomic E-state index is -0.575. The third-order valence-corrected chi connectivity index (χ3v) is 3.31. The van der Waals surface area contributed by atoms with Gasteiger partial charge in [0.05, 0.1) is 24.0 Å². The van der Waals surface area contributed by atoms with Gasteiger partial charge in [0, 0.05) is 6.20 Å². The Morgan fingerprint density at radius 1 is 1.33 bits per heavy atom. The molecule has 0 saturated heterocycles. The van der Waals surface area contributed by atoms with Gasteiger partial charge in [0.1, 0.15) is 11.3 Å². The van der Waals surface area contributed by atoms with Gasteiger partial charge in [-0.25, -0.2) is 4.79 Å². The molecular formula is C15H15ClN2O3. The molecule has 2 rings (SSSR count). The van der Waals surface area contributed by atoms with Gasteiger partial charge in [-0.05, 0) is 24.1 Å². The zero-order valence-electron chi connectivity index (χ0n) is 11.7. The number of ether oxygens (including phenoxy) is 2. The van der Waals surface area contributed by atoms with E-state index in [1.54, 1.807) is 24.4 Å². The lowest BCUT2D eigenvalue weighted by molar-refractivity contribution is 0.0598. The summed E-state index contributed by atoms with van der Waals surface area (Å²) < 4.78 is 10.4. The number of halogens is 1. The highest BCUT2D eigenvalue weighted by Crippen LogP contribution is 2.34. The molecule has 0 aliphatic carbocycles. The summed E-state index contributed by atoms with van der Waals surface area (Å²) in [5.74, 6) is 0.0756. The number of pyridine rings is 1. The van der Waals surface area contributed by atoms with E-state index < -0.39 is 5.97 Å². The summed E-state index contributed by atoms with van der Waals surface area (Å²) in [7, 11) is 1.28. The van der Waals surface area contributed by atoms with Crippen molar-refractivity contribution in [3.05, 3.63) is 46.7 Å². The Morgan fingerprint density at radius 3 is 2.76 bits per heavy atom. The molecule has 2 aromatic rings. The van der Waals surface area contributed by atoms with Gasteiger partial charge in [0.15, 0.2) is 5.75 Å². The van der Waals surface area contributed by atoms with Crippen LogP contribution in [0.15, 0.2) is 30.6 Å². The smallest absolute Gasteiger partial charge is 0.343 e. The van der Waals surface area contributed by atoms with Gasteiger partial charge in [-0.15, -0.1) is 0 Å². The lowest BCUT2D eigenvalue weighted by atomic mass is 10.1. The SMILES string of the molecule is CCc1cncc(Oc2cccc(Cl)c2C(=O)OC)c1N. The molecule has 0 aliphatic rings. The van der Waals surface area contributed by atoms with Crippen molar-refractivity contribution in [2.45, 2.75) is 13.3 Å². The fourth-order valence-electron chi connectivity index (χ4n) is 1.86. The molecule has 1 heterocycles. The van der Waals surface area contributed by atoms with Crippen molar-refractivity contribution in [1.82, 2.24) is 4.98 Å². The van der Waals surface area contributed by atoms with Crippen LogP contribution in [0, 0.1) is 0 Å². The Labute approximate surface area is 127 Å². The van der Waals surface area contributed by atoms with E-state index in [0.717, 1.165) is 12.0 Å². The number of anilines is 1. The first-order valence-corrected chi connectivity index (χ1v) is 6.73. The van der Waals surface area contributed by atoms with Crippen LogP contribution in [-0.2, 0) is 11.2 Å². The number of carbonyl (C=O) groups excluding carboxylic acids is 1. The van der Waals surface area contributed by atoms with Crippen molar-refractivity contribution in [3.8, 4) is 11.5 Å². The van der Waals surface area contributed by atoms with Crippen LogP contribution in [0.3, 0.4) is 0 Å². The Kier molecular flexibility index (Phi) is 4.65. The minimum absolute atomic E-state index is 0.156. The topological polar surface area (TPSA) is 74.4 Å². The highest BCUT2D eigenvalue weighted by atomic mass is 35.5. The number of nitrogens with two attached hydrogens (primary N) is 1. The summed E-state index contributed by atoms with van der Waals surface area (Å²) in [6.45, 7) is 1.97. The molecule has 5 nitrogen and oxygen atoms in total. The first kappa shape index (κ1) is 15.1. The van der Waals surface area contributed by atoms with Crippen LogP contribution >= 0.6 is 11.6 Å². The third kappa shape index (κ3) is 3.08. The van der Waals surface area contributed by atoms with E-state index in [1.165, 1.54) is 13.3 Å². The minimum Gasteiger partial charge on any atom is -0.465 e. The van der Waals surface area contributed by atoms with Crippen LogP contribution < -0.4 is 10.5 Å². The number of rotatable bonds is 4. The van der Waals surface area contributed by atoms with E-state index in [1.807, 2.05) is 6.92 Å². The van der Waals surface area contributed by atoms with E-state index in [9.17, 15) is 4.79 Å². The van der Waals surface area contributed by atoms with E-state index >= 15 is 0 Å². The van der Waals surface area contributed by atoms with Gasteiger partial charge in [-0.2, -0.15) is 0 Å². The largest absolute Gasteiger partial charge is 0.465 e. The Balaban J connectivity index is 2.45. The van der Waals surface area contributed by atoms with Gasteiger partial charge in [-0.3, -0.25) is 4.98 Å². The van der Waals surface area contributed by atoms with Crippen LogP contribution in [0.5, 0.6) is 11.5 Å². The molecule has 110 valence electrons. The van der Waals surface area contributed by atoms with Crippen molar-refractivity contribution in [2.75, 3.05) is 12.8 Å². The highest BCUT2D eigenvalue weighted by molar-refractivity contribution is 6.34. The van der Waals surface area contributed by atoms with Crippen molar-refractivity contribution in [2.24, 2.45) is 0 Å². The normalized spacial score (nSPS) is 10.2. The number of nitrogens with zero attached hydrogens (tertiary/aromatic N) is 1. The second-order valence-corrected chi connectivity index (χ2v) is 4.68. The van der Waals surface area contributed by atoms with Crippen LogP contribution in [0.2, 0.25) is 5.02 Å². The molecule has 0 fully saturated rings. The summed E-state index contributed by atoms with van der Waals surface area (Å²) in [4.78, 5) is 15.9. The number of nitrogen functional groups attached to an aromatic ring is 1. The van der Waals surface area contributed by atoms with E-state index in [2.05, 4.69) is 4.98 Å². The van der Waals surface area contributed by atoms with Crippen LogP contribution in [0.1, 0.15) is 22.8 Å². The van der Waals surface area contributed by atoms with Crippen molar-refractivity contribution < 1.29 is 14.3 Å². The maximum Gasteiger partial charge on any atom is 0.343 e. The summed E-state index contributed by atoms with van der Waals surface area (Å²) in [6, 6.07) is 4.89. The summed E-state index contributed by atoms with van der Waals surface area (Å²) in [5.41, 5.74) is 7.54. The number of benzene rings is 1. The summed E-state index contributed by atoms with van der Waals surface area (Å²) >= 11 is 6.04. The second-order valence-electron chi connectivity index (χ2n) is 4.27. The number of hydrogen-bond acceptors (Lipinski definition) is 5. The highest BCUT2D eigenvalue weighted by Gasteiger charge is 2.19. The molecule has 6 heteroatoms. The first-order chi connectivity index (χ1) is 10.1. The number of aryl methyl sites for hydroxylation is 1. The summed E-state index contributed by atoms with van der Waals surface area (Å²) in [6.07, 6.45) is 3.91. The zero-order chi connectivity index (χ0) is 15.4. The van der Waals surface area contributed by atoms with Crippen molar-refractivity contribution >= 4 is 23.3 Å². The van der Waals surface area contributed by atoms with Crippen molar-refractivity contribution in [1.29, 1.82) is 0 Å². The van der Waals surface area contributed by atoms with Gasteiger partial charge in [0.2, 0.25) is 0 Å². The predicted molar refractivity (Wildman–Crippen MR) is 80.9 cm³/mol. The Hall–Kier alpha value is -2.27. The zero-order valence-corrected chi connectivity index (χ0v) is 12.5. The number of hydrogen-bond donors (Lipinski definition) is 1. The lowest BCUT2D eigenvalue weighted by Gasteiger charge is -2.13. The lowest BCUT2D eigenvalue weighted by Crippen LogP contribution is -2.06. The number of aromatic nitrogens is 1. The molecule has 0 bridgehead atoms. The fraction of sp³-hybridized carbons (Fsp3) is 0.200. The van der Waals surface area contributed by atoms with Gasteiger partial charge in [-0.1, -0.05) is 24.6 Å². The molecule has 0 amide bonds. The van der Waals surface area contributed by atoms with E-state index in [4.69, 9.17) is 26.8 Å². The fourth-order valence-corrected chi connectivity index (χ4v) is 2.11. The average molecular weight is 307 g/mol. The van der Waals surface area contributed by atoms with E-state index in [0.29, 0.717) is 11.4 Å². The van der Waals surface area contributed by atoms with Crippen LogP contribution in [0.25, 0.3) is 0 Å². The maximum absolute atomic E-state index is 11.8. The molecule has 1 aromatic carbocycles. The molecule has 0 spiro atoms. The van der Waals surface area contributed by atoms with E-state index in [-0.39, 0.29) is 16.3 Å². The van der Waals surface area contributed by atoms with Gasteiger partial charge >= 0.3 is 5.97 Å². The number of esters is 1. The van der Waals surface area contributed by atoms with Crippen LogP contribution in [0.4, 0.5) is 5.69 Å². The molecular weight excluding hydrogens is 292 g/mol. The molecule has 0 unspecified atom stereocenters. The second kappa shape index (κ2) is 6.45. The molecule has 1 aromatic heterocycles. The average Bonchev–Trinajstić information content (AvgIpc) is 2.49. The number of carbonyl (C=O) groups is 1. The summed E-state index contributed by atoms with van der Waals surface area (Å²) in [5, 5.41) is 0.248. The maximum atomic E-state index is 11.8. The standard InChI is InChI=1S/C15H15ClN2O3/c1-3-9-7-18-8-12(14(9)17)21-11-6-4-5-10(16)13(11)15(19)20-2/h4-8H,3H2,1-2H3,(H2,17,18). The third-order valence-electron chi connectivity index (χ3n) is 3.00. The van der Waals surface area contributed by atoms with Crippen LogP contribution in [-0.4, -0.2) is 18.1 Å². The first-order valence-electron chi connectivity index (χ1n) is 6.35. The Morgan fingerprint density at radius 2 is 2.10 bits per heavy atom. The molecule has 2 N–H and O–H groups in total. The number of methoxy groups -OCH3 is 1. The predicted octanol–water partition coefficient (Wildman–Crippen LogP) is 3.46. The molecule has 0 saturated carbocycles. The van der Waals surface area contributed by atoms with Crippen molar-refractivity contribution in [3.63, 3.8) is 0 Å². The molecule has 0 aliphatic heterocycles. The van der Waals surface area contributed by atoms with Gasteiger partial charge in [0.25, 0.3) is 0 Å².